The standard InChI is InChI=1S/C40H40N2O5/c1-24-22-34(44)41(35(24)45)30-18-16-28(17-19-30)39(4,5)26-10-8-25(9-11-26)38(2,3)27-12-14-29(15-13-27)40(6,7)42-36(46)32-21-20-31(43)23-33(32)37(42)47/h8-21,23-24,43H,22H2,1-7H3. The lowest BCUT2D eigenvalue weighted by Crippen LogP contribution is -2.45. The number of carbonyl (C=O) groups is 4. The molecule has 4 aromatic carbocycles. The molecule has 1 fully saturated rings. The number of aromatic hydroxyl groups is 1. The zero-order valence-corrected chi connectivity index (χ0v) is 27.9. The van der Waals surface area contributed by atoms with E-state index in [2.05, 4.69) is 64.1 Å². The van der Waals surface area contributed by atoms with E-state index in [1.165, 1.54) is 28.0 Å². The smallest absolute Gasteiger partial charge is 0.262 e. The third kappa shape index (κ3) is 5.14. The number of rotatable bonds is 7. The molecule has 0 saturated carbocycles. The molecule has 2 aliphatic heterocycles. The second kappa shape index (κ2) is 11.0. The Bertz CT molecular complexity index is 1920. The molecule has 4 aromatic rings. The van der Waals surface area contributed by atoms with Crippen molar-refractivity contribution in [1.29, 1.82) is 0 Å². The van der Waals surface area contributed by atoms with Gasteiger partial charge >= 0.3 is 0 Å². The van der Waals surface area contributed by atoms with Gasteiger partial charge in [-0.25, -0.2) is 0 Å². The summed E-state index contributed by atoms with van der Waals surface area (Å²) in [6.45, 7) is 14.2. The van der Waals surface area contributed by atoms with Crippen LogP contribution in [-0.2, 0) is 26.0 Å². The third-order valence-corrected chi connectivity index (χ3v) is 10.3. The Balaban J connectivity index is 1.20. The molecule has 2 aliphatic rings. The van der Waals surface area contributed by atoms with Gasteiger partial charge in [-0.05, 0) is 72.0 Å². The van der Waals surface area contributed by atoms with Gasteiger partial charge < -0.3 is 5.11 Å². The quantitative estimate of drug-likeness (QED) is 0.214. The fraction of sp³-hybridized carbons (Fsp3) is 0.300. The van der Waals surface area contributed by atoms with E-state index in [9.17, 15) is 24.3 Å². The minimum absolute atomic E-state index is 0.0495. The van der Waals surface area contributed by atoms with Crippen molar-refractivity contribution < 1.29 is 24.3 Å². The molecule has 7 heteroatoms. The zero-order chi connectivity index (χ0) is 34.1. The number of amides is 4. The molecule has 4 amide bonds. The van der Waals surface area contributed by atoms with Crippen molar-refractivity contribution in [3.8, 4) is 5.75 Å². The van der Waals surface area contributed by atoms with E-state index in [0.717, 1.165) is 27.8 Å². The van der Waals surface area contributed by atoms with Crippen LogP contribution in [0.4, 0.5) is 5.69 Å². The maximum atomic E-state index is 13.3. The fourth-order valence-corrected chi connectivity index (χ4v) is 6.88. The summed E-state index contributed by atoms with van der Waals surface area (Å²) in [6, 6.07) is 28.6. The number of hydrogen-bond acceptors (Lipinski definition) is 5. The van der Waals surface area contributed by atoms with E-state index in [4.69, 9.17) is 0 Å². The molecule has 2 heterocycles. The number of phenols is 1. The SMILES string of the molecule is CC1CC(=O)N(c2ccc(C(C)(C)c3ccc(C(C)(C)c4ccc(C(C)(C)N5C(=O)c6ccc(O)cc6C5=O)cc4)cc3)cc2)C1=O. The normalized spacial score (nSPS) is 17.1. The molecule has 240 valence electrons. The van der Waals surface area contributed by atoms with Crippen molar-refractivity contribution in [2.75, 3.05) is 4.90 Å². The summed E-state index contributed by atoms with van der Waals surface area (Å²) in [5, 5.41) is 9.88. The first-order valence-electron chi connectivity index (χ1n) is 16.0. The van der Waals surface area contributed by atoms with Crippen molar-refractivity contribution >= 4 is 29.3 Å². The number of fused-ring (bicyclic) bond motifs is 1. The Morgan fingerprint density at radius 2 is 1.02 bits per heavy atom. The highest BCUT2D eigenvalue weighted by atomic mass is 16.3. The Hall–Kier alpha value is -5.04. The molecule has 0 aliphatic carbocycles. The van der Waals surface area contributed by atoms with E-state index in [0.29, 0.717) is 11.3 Å². The van der Waals surface area contributed by atoms with Gasteiger partial charge in [-0.1, -0.05) is 95.3 Å². The Labute approximate surface area is 275 Å². The fourth-order valence-electron chi connectivity index (χ4n) is 6.88. The number of anilines is 1. The maximum Gasteiger partial charge on any atom is 0.262 e. The van der Waals surface area contributed by atoms with Crippen molar-refractivity contribution in [2.24, 2.45) is 5.92 Å². The van der Waals surface area contributed by atoms with Crippen molar-refractivity contribution in [2.45, 2.75) is 71.3 Å². The molecule has 7 nitrogen and oxygen atoms in total. The molecular formula is C40H40N2O5. The van der Waals surface area contributed by atoms with Crippen LogP contribution in [0, 0.1) is 5.92 Å². The summed E-state index contributed by atoms with van der Waals surface area (Å²) in [7, 11) is 0. The van der Waals surface area contributed by atoms with Gasteiger partial charge in [0.1, 0.15) is 5.75 Å². The van der Waals surface area contributed by atoms with Crippen molar-refractivity contribution in [3.05, 3.63) is 130 Å². The van der Waals surface area contributed by atoms with E-state index < -0.39 is 11.4 Å². The van der Waals surface area contributed by atoms with Gasteiger partial charge in [0, 0.05) is 23.2 Å². The van der Waals surface area contributed by atoms with Gasteiger partial charge in [-0.3, -0.25) is 29.0 Å². The largest absolute Gasteiger partial charge is 0.508 e. The lowest BCUT2D eigenvalue weighted by molar-refractivity contribution is -0.122. The zero-order valence-electron chi connectivity index (χ0n) is 27.9. The molecule has 6 rings (SSSR count). The molecule has 47 heavy (non-hydrogen) atoms. The summed E-state index contributed by atoms with van der Waals surface area (Å²) in [5.41, 5.74) is 4.84. The van der Waals surface area contributed by atoms with Gasteiger partial charge in [-0.2, -0.15) is 0 Å². The third-order valence-electron chi connectivity index (χ3n) is 10.3. The summed E-state index contributed by atoms with van der Waals surface area (Å²) >= 11 is 0. The van der Waals surface area contributed by atoms with Gasteiger partial charge in [-0.15, -0.1) is 0 Å². The van der Waals surface area contributed by atoms with Crippen LogP contribution < -0.4 is 4.90 Å². The highest BCUT2D eigenvalue weighted by Gasteiger charge is 2.45. The molecule has 1 atom stereocenters. The summed E-state index contributed by atoms with van der Waals surface area (Å²) in [5.74, 6) is -1.43. The number of carbonyl (C=O) groups excluding carboxylic acids is 4. The molecule has 1 unspecified atom stereocenters. The minimum Gasteiger partial charge on any atom is -0.508 e. The van der Waals surface area contributed by atoms with E-state index in [1.807, 2.05) is 50.2 Å². The summed E-state index contributed by atoms with van der Waals surface area (Å²) in [4.78, 5) is 53.9. The number of phenolic OH excluding ortho intramolecular Hbond substituents is 1. The van der Waals surface area contributed by atoms with Crippen molar-refractivity contribution in [1.82, 2.24) is 4.90 Å². The van der Waals surface area contributed by atoms with Crippen LogP contribution in [0.25, 0.3) is 0 Å². The molecule has 0 radical (unpaired) electrons. The molecule has 1 N–H and O–H groups in total. The predicted octanol–water partition coefficient (Wildman–Crippen LogP) is 7.47. The van der Waals surface area contributed by atoms with Crippen LogP contribution >= 0.6 is 0 Å². The Morgan fingerprint density at radius 3 is 1.47 bits per heavy atom. The molecular weight excluding hydrogens is 588 g/mol. The van der Waals surface area contributed by atoms with Gasteiger partial charge in [0.15, 0.2) is 0 Å². The summed E-state index contributed by atoms with van der Waals surface area (Å²) < 4.78 is 0. The second-order valence-corrected chi connectivity index (χ2v) is 14.4. The highest BCUT2D eigenvalue weighted by Crippen LogP contribution is 2.40. The van der Waals surface area contributed by atoms with Crippen LogP contribution in [0.15, 0.2) is 91.0 Å². The second-order valence-electron chi connectivity index (χ2n) is 14.4. The molecule has 0 aromatic heterocycles. The number of nitrogens with zero attached hydrogens (tertiary/aromatic N) is 2. The monoisotopic (exact) mass is 628 g/mol. The number of imide groups is 2. The summed E-state index contributed by atoms with van der Waals surface area (Å²) in [6.07, 6.45) is 0.250. The van der Waals surface area contributed by atoms with Crippen molar-refractivity contribution in [3.63, 3.8) is 0 Å². The van der Waals surface area contributed by atoms with Gasteiger partial charge in [0.2, 0.25) is 11.8 Å². The average Bonchev–Trinajstić information content (AvgIpc) is 3.45. The van der Waals surface area contributed by atoms with Crippen LogP contribution in [0.1, 0.15) is 103 Å². The van der Waals surface area contributed by atoms with E-state index in [1.54, 1.807) is 6.92 Å². The van der Waals surface area contributed by atoms with Crippen LogP contribution in [0.5, 0.6) is 5.75 Å². The van der Waals surface area contributed by atoms with Crippen LogP contribution in [0.3, 0.4) is 0 Å². The first-order chi connectivity index (χ1) is 22.0. The molecule has 0 spiro atoms. The lowest BCUT2D eigenvalue weighted by Gasteiger charge is -2.35. The minimum atomic E-state index is -0.908. The predicted molar refractivity (Wildman–Crippen MR) is 181 cm³/mol. The van der Waals surface area contributed by atoms with E-state index in [-0.39, 0.29) is 52.2 Å². The topological polar surface area (TPSA) is 95.0 Å². The number of hydrogen-bond donors (Lipinski definition) is 1. The van der Waals surface area contributed by atoms with E-state index >= 15 is 0 Å². The molecule has 1 saturated heterocycles. The Kier molecular flexibility index (Phi) is 7.50. The van der Waals surface area contributed by atoms with Gasteiger partial charge in [0.25, 0.3) is 11.8 Å². The first-order valence-corrected chi connectivity index (χ1v) is 16.0. The maximum absolute atomic E-state index is 13.3. The average molecular weight is 629 g/mol. The van der Waals surface area contributed by atoms with Crippen LogP contribution in [0.2, 0.25) is 0 Å². The number of benzene rings is 4. The first kappa shape index (κ1) is 31.9. The highest BCUT2D eigenvalue weighted by molar-refractivity contribution is 6.22. The van der Waals surface area contributed by atoms with Crippen LogP contribution in [-0.4, -0.2) is 33.6 Å². The van der Waals surface area contributed by atoms with Gasteiger partial charge in [0.05, 0.1) is 22.4 Å². The lowest BCUT2D eigenvalue weighted by atomic mass is 9.74. The molecule has 0 bridgehead atoms. The Morgan fingerprint density at radius 1 is 0.596 bits per heavy atom.